The predicted octanol–water partition coefficient (Wildman–Crippen LogP) is 0.696. The van der Waals surface area contributed by atoms with Crippen molar-refractivity contribution in [2.45, 2.75) is 73.8 Å². The van der Waals surface area contributed by atoms with Crippen LogP contribution in [-0.2, 0) is 4.79 Å². The molecule has 6 nitrogen and oxygen atoms in total. The highest BCUT2D eigenvalue weighted by Crippen LogP contribution is 2.35. The number of nitrogens with zero attached hydrogens (tertiary/aromatic N) is 1. The lowest BCUT2D eigenvalue weighted by Crippen LogP contribution is -2.54. The van der Waals surface area contributed by atoms with Gasteiger partial charge in [-0.3, -0.25) is 15.4 Å². The van der Waals surface area contributed by atoms with Crippen molar-refractivity contribution in [1.82, 2.24) is 26.2 Å². The Hall–Kier alpha value is -0.340. The standard InChI is InChI=1S/C20H35N5OS/c26-19(17-9-14-3-1-2-4-15(14)23-17)25-8-6-16-18(12-25)27-20(24-16)22-11-13-5-7-21-10-13/h13-18,20-24H,1-12H2. The summed E-state index contributed by atoms with van der Waals surface area (Å²) in [5, 5.41) is 15.1. The third-order valence-corrected chi connectivity index (χ3v) is 8.86. The minimum absolute atomic E-state index is 0.0813. The smallest absolute Gasteiger partial charge is 0.239 e. The number of likely N-dealkylation sites (tertiary alicyclic amines) is 1. The second-order valence-electron chi connectivity index (χ2n) is 9.27. The summed E-state index contributed by atoms with van der Waals surface area (Å²) in [5.74, 6) is 1.88. The van der Waals surface area contributed by atoms with Gasteiger partial charge in [-0.25, -0.2) is 0 Å². The topological polar surface area (TPSA) is 68.4 Å². The molecule has 5 rings (SSSR count). The van der Waals surface area contributed by atoms with Gasteiger partial charge in [0.25, 0.3) is 0 Å². The van der Waals surface area contributed by atoms with E-state index in [0.29, 0.717) is 28.7 Å². The molecule has 4 heterocycles. The van der Waals surface area contributed by atoms with Gasteiger partial charge >= 0.3 is 0 Å². The summed E-state index contributed by atoms with van der Waals surface area (Å²) < 4.78 is 0. The van der Waals surface area contributed by atoms with Crippen molar-refractivity contribution in [3.8, 4) is 0 Å². The molecule has 0 aromatic rings. The molecule has 152 valence electrons. The Morgan fingerprint density at radius 2 is 2.04 bits per heavy atom. The zero-order chi connectivity index (χ0) is 18.2. The summed E-state index contributed by atoms with van der Waals surface area (Å²) in [7, 11) is 0. The first-order valence-electron chi connectivity index (χ1n) is 11.2. The Balaban J connectivity index is 1.11. The van der Waals surface area contributed by atoms with Crippen LogP contribution in [0.1, 0.15) is 44.9 Å². The Morgan fingerprint density at radius 3 is 2.89 bits per heavy atom. The number of amides is 1. The molecule has 7 atom stereocenters. The number of nitrogens with one attached hydrogen (secondary N) is 4. The van der Waals surface area contributed by atoms with Gasteiger partial charge in [-0.05, 0) is 57.0 Å². The van der Waals surface area contributed by atoms with Gasteiger partial charge in [0.15, 0.2) is 0 Å². The van der Waals surface area contributed by atoms with Crippen molar-refractivity contribution < 1.29 is 4.79 Å². The van der Waals surface area contributed by atoms with Crippen molar-refractivity contribution >= 4 is 17.7 Å². The first-order chi connectivity index (χ1) is 13.3. The molecule has 0 spiro atoms. The molecule has 1 aliphatic carbocycles. The average molecular weight is 394 g/mol. The van der Waals surface area contributed by atoms with Crippen molar-refractivity contribution in [2.24, 2.45) is 11.8 Å². The molecule has 27 heavy (non-hydrogen) atoms. The predicted molar refractivity (Wildman–Crippen MR) is 110 cm³/mol. The van der Waals surface area contributed by atoms with E-state index in [1.807, 2.05) is 11.8 Å². The van der Waals surface area contributed by atoms with Gasteiger partial charge in [0.1, 0.15) is 5.50 Å². The molecule has 1 amide bonds. The number of fused-ring (bicyclic) bond motifs is 2. The molecule has 4 N–H and O–H groups in total. The molecule has 7 unspecified atom stereocenters. The van der Waals surface area contributed by atoms with Gasteiger partial charge < -0.3 is 15.5 Å². The van der Waals surface area contributed by atoms with Gasteiger partial charge in [0, 0.05) is 37.0 Å². The van der Waals surface area contributed by atoms with E-state index in [-0.39, 0.29) is 6.04 Å². The fourth-order valence-corrected chi connectivity index (χ4v) is 7.32. The Kier molecular flexibility index (Phi) is 5.66. The van der Waals surface area contributed by atoms with Crippen molar-refractivity contribution in [3.63, 3.8) is 0 Å². The maximum absolute atomic E-state index is 13.1. The normalized spacial score (nSPS) is 44.3. The van der Waals surface area contributed by atoms with Crippen LogP contribution in [0.25, 0.3) is 0 Å². The van der Waals surface area contributed by atoms with Crippen molar-refractivity contribution in [3.05, 3.63) is 0 Å². The first-order valence-corrected chi connectivity index (χ1v) is 12.1. The summed E-state index contributed by atoms with van der Waals surface area (Å²) in [6.07, 6.45) is 8.71. The summed E-state index contributed by atoms with van der Waals surface area (Å²) in [6.45, 7) is 5.24. The van der Waals surface area contributed by atoms with Crippen LogP contribution in [0.2, 0.25) is 0 Å². The van der Waals surface area contributed by atoms with E-state index in [1.165, 1.54) is 32.1 Å². The van der Waals surface area contributed by atoms with Gasteiger partial charge in [-0.2, -0.15) is 0 Å². The minimum Gasteiger partial charge on any atom is -0.340 e. The number of thioether (sulfide) groups is 1. The zero-order valence-corrected chi connectivity index (χ0v) is 17.1. The van der Waals surface area contributed by atoms with Crippen LogP contribution >= 0.6 is 11.8 Å². The Labute approximate surface area is 167 Å². The lowest BCUT2D eigenvalue weighted by atomic mass is 9.85. The molecule has 4 saturated heterocycles. The van der Waals surface area contributed by atoms with Gasteiger partial charge in [-0.15, -0.1) is 11.8 Å². The third kappa shape index (κ3) is 4.04. The first kappa shape index (κ1) is 18.7. The minimum atomic E-state index is 0.0813. The van der Waals surface area contributed by atoms with Gasteiger partial charge in [-0.1, -0.05) is 12.8 Å². The molecule has 5 fully saturated rings. The van der Waals surface area contributed by atoms with Crippen LogP contribution in [0, 0.1) is 11.8 Å². The Bertz CT molecular complexity index is 528. The third-order valence-electron chi connectivity index (χ3n) is 7.46. The number of carbonyl (C=O) groups excluding carboxylic acids is 1. The highest BCUT2D eigenvalue weighted by atomic mass is 32.2. The second-order valence-corrected chi connectivity index (χ2v) is 10.6. The summed E-state index contributed by atoms with van der Waals surface area (Å²) in [5.41, 5.74) is 0.350. The maximum Gasteiger partial charge on any atom is 0.239 e. The number of hydrogen-bond donors (Lipinski definition) is 4. The number of carbonyl (C=O) groups is 1. The summed E-state index contributed by atoms with van der Waals surface area (Å²) >= 11 is 2.00. The zero-order valence-electron chi connectivity index (χ0n) is 16.3. The van der Waals surface area contributed by atoms with Gasteiger partial charge in [0.05, 0.1) is 6.04 Å². The van der Waals surface area contributed by atoms with Crippen LogP contribution < -0.4 is 21.3 Å². The fourth-order valence-electron chi connectivity index (χ4n) is 5.85. The number of hydrogen-bond acceptors (Lipinski definition) is 6. The van der Waals surface area contributed by atoms with E-state index in [4.69, 9.17) is 0 Å². The maximum atomic E-state index is 13.1. The lowest BCUT2D eigenvalue weighted by molar-refractivity contribution is -0.134. The van der Waals surface area contributed by atoms with Crippen molar-refractivity contribution in [1.29, 1.82) is 0 Å². The fraction of sp³-hybridized carbons (Fsp3) is 0.950. The molecule has 4 aliphatic heterocycles. The van der Waals surface area contributed by atoms with Crippen LogP contribution in [0.5, 0.6) is 0 Å². The number of rotatable bonds is 4. The molecule has 0 radical (unpaired) electrons. The van der Waals surface area contributed by atoms with E-state index in [1.54, 1.807) is 0 Å². The molecule has 7 heteroatoms. The molecule has 0 aromatic carbocycles. The highest BCUT2D eigenvalue weighted by molar-refractivity contribution is 8.00. The number of piperidine rings is 1. The lowest BCUT2D eigenvalue weighted by Gasteiger charge is -2.35. The quantitative estimate of drug-likeness (QED) is 0.564. The molecular formula is C20H35N5OS. The van der Waals surface area contributed by atoms with Gasteiger partial charge in [0.2, 0.25) is 5.91 Å². The highest BCUT2D eigenvalue weighted by Gasteiger charge is 2.43. The molecule has 1 saturated carbocycles. The van der Waals surface area contributed by atoms with E-state index in [2.05, 4.69) is 26.2 Å². The Morgan fingerprint density at radius 1 is 1.11 bits per heavy atom. The largest absolute Gasteiger partial charge is 0.340 e. The molecular weight excluding hydrogens is 358 g/mol. The van der Waals surface area contributed by atoms with E-state index >= 15 is 0 Å². The van der Waals surface area contributed by atoms with Crippen LogP contribution in [0.4, 0.5) is 0 Å². The van der Waals surface area contributed by atoms with E-state index in [0.717, 1.165) is 57.4 Å². The van der Waals surface area contributed by atoms with Crippen LogP contribution in [0.15, 0.2) is 0 Å². The summed E-state index contributed by atoms with van der Waals surface area (Å²) in [4.78, 5) is 15.3. The monoisotopic (exact) mass is 393 g/mol. The average Bonchev–Trinajstić information content (AvgIpc) is 3.43. The van der Waals surface area contributed by atoms with Crippen molar-refractivity contribution in [2.75, 3.05) is 32.7 Å². The van der Waals surface area contributed by atoms with E-state index < -0.39 is 0 Å². The molecule has 5 aliphatic rings. The van der Waals surface area contributed by atoms with Crippen LogP contribution in [0.3, 0.4) is 0 Å². The van der Waals surface area contributed by atoms with E-state index in [9.17, 15) is 4.79 Å². The second kappa shape index (κ2) is 8.19. The SMILES string of the molecule is O=C(C1CC2CCCCC2N1)N1CCC2NC(NCC3CCNC3)SC2C1. The van der Waals surface area contributed by atoms with Crippen LogP contribution in [-0.4, -0.2) is 72.4 Å². The molecule has 0 bridgehead atoms. The summed E-state index contributed by atoms with van der Waals surface area (Å²) in [6, 6.07) is 1.24. The molecule has 0 aromatic heterocycles.